The molecule has 14 heavy (non-hydrogen) atoms. The Morgan fingerprint density at radius 1 is 1.64 bits per heavy atom. The molecule has 1 aromatic rings. The second-order valence-corrected chi connectivity index (χ2v) is 3.81. The van der Waals surface area contributed by atoms with Gasteiger partial charge < -0.3 is 4.74 Å². The maximum Gasteiger partial charge on any atom is 0.351 e. The van der Waals surface area contributed by atoms with Crippen LogP contribution in [0, 0.1) is 6.92 Å². The summed E-state index contributed by atoms with van der Waals surface area (Å²) in [4.78, 5) is 15.2. The van der Waals surface area contributed by atoms with Crippen LogP contribution in [0.25, 0.3) is 0 Å². The molecule has 0 aliphatic carbocycles. The maximum absolute atomic E-state index is 11.5. The van der Waals surface area contributed by atoms with Crippen molar-refractivity contribution in [3.63, 3.8) is 0 Å². The molecule has 4 nitrogen and oxygen atoms in total. The van der Waals surface area contributed by atoms with Crippen molar-refractivity contribution in [2.75, 3.05) is 13.0 Å². The first-order valence-corrected chi connectivity index (χ1v) is 5.31. The van der Waals surface area contributed by atoms with Crippen molar-refractivity contribution in [1.82, 2.24) is 9.55 Å². The SMILES string of the molecule is COc1nc(=O)n(CCCl)c(C)c1Br. The van der Waals surface area contributed by atoms with E-state index in [1.807, 2.05) is 6.92 Å². The fraction of sp³-hybridized carbons (Fsp3) is 0.500. The topological polar surface area (TPSA) is 44.1 Å². The van der Waals surface area contributed by atoms with Gasteiger partial charge in [0.15, 0.2) is 0 Å². The minimum absolute atomic E-state index is 0.304. The van der Waals surface area contributed by atoms with Crippen molar-refractivity contribution < 1.29 is 4.74 Å². The zero-order valence-electron chi connectivity index (χ0n) is 7.88. The Hall–Kier alpha value is -0.550. The van der Waals surface area contributed by atoms with Crippen molar-refractivity contribution in [3.8, 4) is 5.88 Å². The van der Waals surface area contributed by atoms with Crippen LogP contribution in [-0.2, 0) is 6.54 Å². The highest BCUT2D eigenvalue weighted by atomic mass is 79.9. The van der Waals surface area contributed by atoms with Gasteiger partial charge in [-0.05, 0) is 22.9 Å². The molecule has 78 valence electrons. The Morgan fingerprint density at radius 3 is 2.79 bits per heavy atom. The molecule has 0 bridgehead atoms. The summed E-state index contributed by atoms with van der Waals surface area (Å²) in [5.74, 6) is 0.680. The van der Waals surface area contributed by atoms with Gasteiger partial charge in [0.05, 0.1) is 11.6 Å². The van der Waals surface area contributed by atoms with Crippen molar-refractivity contribution in [2.24, 2.45) is 0 Å². The molecule has 0 aliphatic rings. The lowest BCUT2D eigenvalue weighted by Crippen LogP contribution is -2.26. The van der Waals surface area contributed by atoms with E-state index >= 15 is 0 Å². The van der Waals surface area contributed by atoms with Gasteiger partial charge in [0.25, 0.3) is 0 Å². The van der Waals surface area contributed by atoms with Gasteiger partial charge in [0, 0.05) is 18.1 Å². The second kappa shape index (κ2) is 4.79. The number of alkyl halides is 1. The highest BCUT2D eigenvalue weighted by molar-refractivity contribution is 9.10. The zero-order valence-corrected chi connectivity index (χ0v) is 10.2. The summed E-state index contributed by atoms with van der Waals surface area (Å²) in [6, 6.07) is 0. The predicted octanol–water partition coefficient (Wildman–Crippen LogP) is 1.56. The number of aromatic nitrogens is 2. The van der Waals surface area contributed by atoms with Gasteiger partial charge in [0.1, 0.15) is 0 Å². The lowest BCUT2D eigenvalue weighted by molar-refractivity contribution is 0.387. The first-order chi connectivity index (χ1) is 6.61. The summed E-state index contributed by atoms with van der Waals surface area (Å²) in [6.45, 7) is 2.25. The van der Waals surface area contributed by atoms with Gasteiger partial charge in [0.2, 0.25) is 5.88 Å². The van der Waals surface area contributed by atoms with Gasteiger partial charge in [-0.3, -0.25) is 4.57 Å². The fourth-order valence-corrected chi connectivity index (χ4v) is 1.73. The summed E-state index contributed by atoms with van der Waals surface area (Å²) in [6.07, 6.45) is 0. The van der Waals surface area contributed by atoms with Crippen LogP contribution in [0.4, 0.5) is 0 Å². The molecule has 1 heterocycles. The van der Waals surface area contributed by atoms with E-state index in [4.69, 9.17) is 16.3 Å². The number of ether oxygens (including phenoxy) is 1. The molecule has 1 rings (SSSR count). The van der Waals surface area contributed by atoms with Crippen molar-refractivity contribution in [3.05, 3.63) is 20.7 Å². The second-order valence-electron chi connectivity index (χ2n) is 2.64. The average Bonchev–Trinajstić information content (AvgIpc) is 2.18. The summed E-state index contributed by atoms with van der Waals surface area (Å²) < 4.78 is 7.12. The number of hydrogen-bond donors (Lipinski definition) is 0. The predicted molar refractivity (Wildman–Crippen MR) is 58.2 cm³/mol. The molecule has 0 aromatic carbocycles. The Balaban J connectivity index is 3.34. The zero-order chi connectivity index (χ0) is 10.7. The molecule has 0 spiro atoms. The summed E-state index contributed by atoms with van der Waals surface area (Å²) in [5, 5.41) is 0. The lowest BCUT2D eigenvalue weighted by Gasteiger charge is -2.10. The Kier molecular flexibility index (Phi) is 3.95. The third-order valence-corrected chi connectivity index (χ3v) is 2.92. The van der Waals surface area contributed by atoms with Crippen LogP contribution in [-0.4, -0.2) is 22.5 Å². The standard InChI is InChI=1S/C8H10BrClN2O2/c1-5-6(9)7(14-2)11-8(13)12(5)4-3-10/h3-4H2,1-2H3. The Morgan fingerprint density at radius 2 is 2.29 bits per heavy atom. The number of rotatable bonds is 3. The van der Waals surface area contributed by atoms with Gasteiger partial charge >= 0.3 is 5.69 Å². The number of halogens is 2. The Labute approximate surface area is 95.0 Å². The first kappa shape index (κ1) is 11.5. The summed E-state index contributed by atoms with van der Waals surface area (Å²) in [7, 11) is 1.47. The third kappa shape index (κ3) is 2.09. The minimum Gasteiger partial charge on any atom is -0.480 e. The van der Waals surface area contributed by atoms with Gasteiger partial charge in [-0.1, -0.05) is 0 Å². The smallest absolute Gasteiger partial charge is 0.351 e. The minimum atomic E-state index is -0.344. The molecule has 6 heteroatoms. The number of hydrogen-bond acceptors (Lipinski definition) is 3. The quantitative estimate of drug-likeness (QED) is 0.790. The molecule has 0 amide bonds. The molecule has 0 atom stereocenters. The fourth-order valence-electron chi connectivity index (χ4n) is 1.10. The maximum atomic E-state index is 11.5. The van der Waals surface area contributed by atoms with Gasteiger partial charge in [-0.15, -0.1) is 11.6 Å². The molecule has 0 saturated carbocycles. The highest BCUT2D eigenvalue weighted by Gasteiger charge is 2.11. The average molecular weight is 282 g/mol. The molecule has 1 aromatic heterocycles. The van der Waals surface area contributed by atoms with Crippen LogP contribution in [0.3, 0.4) is 0 Å². The van der Waals surface area contributed by atoms with E-state index in [0.29, 0.717) is 22.8 Å². The molecule has 0 fully saturated rings. The van der Waals surface area contributed by atoms with E-state index in [0.717, 1.165) is 5.69 Å². The van der Waals surface area contributed by atoms with E-state index < -0.39 is 0 Å². The van der Waals surface area contributed by atoms with Crippen LogP contribution < -0.4 is 10.4 Å². The summed E-state index contributed by atoms with van der Waals surface area (Å²) >= 11 is 8.88. The lowest BCUT2D eigenvalue weighted by atomic mass is 10.4. The van der Waals surface area contributed by atoms with Crippen LogP contribution in [0.1, 0.15) is 5.69 Å². The van der Waals surface area contributed by atoms with E-state index in [1.54, 1.807) is 0 Å². The molecule has 0 saturated heterocycles. The normalized spacial score (nSPS) is 10.3. The highest BCUT2D eigenvalue weighted by Crippen LogP contribution is 2.23. The molecule has 0 unspecified atom stereocenters. The van der Waals surface area contributed by atoms with Crippen molar-refractivity contribution in [1.29, 1.82) is 0 Å². The molecule has 0 aliphatic heterocycles. The van der Waals surface area contributed by atoms with Gasteiger partial charge in [-0.25, -0.2) is 4.79 Å². The Bertz CT molecular complexity index is 392. The first-order valence-electron chi connectivity index (χ1n) is 3.98. The van der Waals surface area contributed by atoms with Crippen molar-refractivity contribution >= 4 is 27.5 Å². The van der Waals surface area contributed by atoms with Gasteiger partial charge in [-0.2, -0.15) is 4.98 Å². The third-order valence-electron chi connectivity index (χ3n) is 1.84. The summed E-state index contributed by atoms with van der Waals surface area (Å²) in [5.41, 5.74) is 0.422. The monoisotopic (exact) mass is 280 g/mol. The molecular formula is C8H10BrClN2O2. The van der Waals surface area contributed by atoms with Crippen LogP contribution in [0.15, 0.2) is 9.27 Å². The van der Waals surface area contributed by atoms with Crippen molar-refractivity contribution in [2.45, 2.75) is 13.5 Å². The van der Waals surface area contributed by atoms with Crippen LogP contribution in [0.2, 0.25) is 0 Å². The van der Waals surface area contributed by atoms with Crippen LogP contribution >= 0.6 is 27.5 Å². The molecule has 0 radical (unpaired) electrons. The number of methoxy groups -OCH3 is 1. The largest absolute Gasteiger partial charge is 0.480 e. The number of nitrogens with zero attached hydrogens (tertiary/aromatic N) is 2. The van der Waals surface area contributed by atoms with Crippen LogP contribution in [0.5, 0.6) is 5.88 Å². The van der Waals surface area contributed by atoms with E-state index in [1.165, 1.54) is 11.7 Å². The van der Waals surface area contributed by atoms with E-state index in [2.05, 4.69) is 20.9 Å². The molecular weight excluding hydrogens is 271 g/mol. The van der Waals surface area contributed by atoms with E-state index in [9.17, 15) is 4.79 Å². The van der Waals surface area contributed by atoms with E-state index in [-0.39, 0.29) is 5.69 Å². The molecule has 0 N–H and O–H groups in total.